The van der Waals surface area contributed by atoms with Crippen molar-refractivity contribution in [2.45, 2.75) is 13.1 Å². The second-order valence-corrected chi connectivity index (χ2v) is 4.14. The van der Waals surface area contributed by atoms with E-state index in [1.165, 1.54) is 6.07 Å². The third kappa shape index (κ3) is 4.44. The number of carbonyl (C=O) groups is 1. The summed E-state index contributed by atoms with van der Waals surface area (Å²) in [6.45, 7) is -0.714. The average molecular weight is 276 g/mol. The standard InChI is InChI=1S/C12H15F3N2O2/c1-8-2-3-9(16)6-10(8)11(19)17(4-5-18)7-12(13,14)15/h2-3,6,18H,4-5,7,16H2,1H3. The number of halogens is 3. The van der Waals surface area contributed by atoms with Crippen LogP contribution in [-0.4, -0.2) is 41.8 Å². The number of benzene rings is 1. The van der Waals surface area contributed by atoms with Gasteiger partial charge in [-0.3, -0.25) is 4.79 Å². The summed E-state index contributed by atoms with van der Waals surface area (Å²) in [5.41, 5.74) is 6.46. The van der Waals surface area contributed by atoms with Crippen LogP contribution in [0, 0.1) is 6.92 Å². The van der Waals surface area contributed by atoms with Crippen molar-refractivity contribution in [1.82, 2.24) is 4.90 Å². The molecule has 0 saturated carbocycles. The van der Waals surface area contributed by atoms with Gasteiger partial charge in [0.25, 0.3) is 5.91 Å². The average Bonchev–Trinajstić information content (AvgIpc) is 2.29. The van der Waals surface area contributed by atoms with E-state index < -0.39 is 25.2 Å². The summed E-state index contributed by atoms with van der Waals surface area (Å²) >= 11 is 0. The first-order chi connectivity index (χ1) is 8.74. The van der Waals surface area contributed by atoms with Crippen LogP contribution in [0.4, 0.5) is 18.9 Å². The number of aryl methyl sites for hydroxylation is 1. The first-order valence-electron chi connectivity index (χ1n) is 5.57. The third-order valence-corrected chi connectivity index (χ3v) is 2.52. The molecule has 1 aromatic carbocycles. The van der Waals surface area contributed by atoms with Gasteiger partial charge in [-0.15, -0.1) is 0 Å². The molecule has 0 aromatic heterocycles. The van der Waals surface area contributed by atoms with E-state index in [-0.39, 0.29) is 12.1 Å². The lowest BCUT2D eigenvalue weighted by atomic mass is 10.1. The zero-order valence-corrected chi connectivity index (χ0v) is 10.4. The maximum Gasteiger partial charge on any atom is 0.406 e. The molecule has 3 N–H and O–H groups in total. The van der Waals surface area contributed by atoms with Crippen LogP contribution in [0.5, 0.6) is 0 Å². The third-order valence-electron chi connectivity index (χ3n) is 2.52. The molecule has 0 heterocycles. The van der Waals surface area contributed by atoms with Gasteiger partial charge in [-0.25, -0.2) is 0 Å². The zero-order valence-electron chi connectivity index (χ0n) is 10.4. The number of hydrogen-bond donors (Lipinski definition) is 2. The normalized spacial score (nSPS) is 11.4. The van der Waals surface area contributed by atoms with Gasteiger partial charge in [-0.05, 0) is 24.6 Å². The Hall–Kier alpha value is -1.76. The Morgan fingerprint density at radius 1 is 1.42 bits per heavy atom. The van der Waals surface area contributed by atoms with Crippen LogP contribution in [0.1, 0.15) is 15.9 Å². The van der Waals surface area contributed by atoms with Crippen molar-refractivity contribution in [3.8, 4) is 0 Å². The van der Waals surface area contributed by atoms with Crippen LogP contribution in [0.3, 0.4) is 0 Å². The van der Waals surface area contributed by atoms with Crippen molar-refractivity contribution in [3.63, 3.8) is 0 Å². The minimum Gasteiger partial charge on any atom is -0.399 e. The van der Waals surface area contributed by atoms with Crippen molar-refractivity contribution in [3.05, 3.63) is 29.3 Å². The lowest BCUT2D eigenvalue weighted by Gasteiger charge is -2.24. The number of amides is 1. The fraction of sp³-hybridized carbons (Fsp3) is 0.417. The summed E-state index contributed by atoms with van der Waals surface area (Å²) < 4.78 is 37.2. The van der Waals surface area contributed by atoms with Gasteiger partial charge in [0.1, 0.15) is 6.54 Å². The highest BCUT2D eigenvalue weighted by Gasteiger charge is 2.33. The smallest absolute Gasteiger partial charge is 0.399 e. The monoisotopic (exact) mass is 276 g/mol. The van der Waals surface area contributed by atoms with Crippen LogP contribution < -0.4 is 5.73 Å². The minimum atomic E-state index is -4.51. The van der Waals surface area contributed by atoms with Crippen molar-refractivity contribution in [2.75, 3.05) is 25.4 Å². The number of nitrogens with zero attached hydrogens (tertiary/aromatic N) is 1. The van der Waals surface area contributed by atoms with E-state index in [9.17, 15) is 18.0 Å². The van der Waals surface area contributed by atoms with Gasteiger partial charge in [-0.1, -0.05) is 6.07 Å². The maximum atomic E-state index is 12.4. The van der Waals surface area contributed by atoms with Gasteiger partial charge in [0.05, 0.1) is 6.61 Å². The molecule has 0 fully saturated rings. The number of aliphatic hydroxyl groups excluding tert-OH is 1. The van der Waals surface area contributed by atoms with E-state index in [0.717, 1.165) is 0 Å². The highest BCUT2D eigenvalue weighted by molar-refractivity contribution is 5.96. The minimum absolute atomic E-state index is 0.109. The fourth-order valence-corrected chi connectivity index (χ4v) is 1.63. The Bertz CT molecular complexity index is 461. The van der Waals surface area contributed by atoms with Gasteiger partial charge >= 0.3 is 6.18 Å². The van der Waals surface area contributed by atoms with E-state index in [2.05, 4.69) is 0 Å². The van der Waals surface area contributed by atoms with E-state index in [0.29, 0.717) is 16.2 Å². The number of hydrogen-bond acceptors (Lipinski definition) is 3. The Kier molecular flexibility index (Phi) is 4.77. The van der Waals surface area contributed by atoms with Gasteiger partial charge in [0, 0.05) is 17.8 Å². The van der Waals surface area contributed by atoms with Gasteiger partial charge in [0.2, 0.25) is 0 Å². The molecule has 1 rings (SSSR count). The molecule has 7 heteroatoms. The first-order valence-corrected chi connectivity index (χ1v) is 5.57. The number of rotatable bonds is 4. The second kappa shape index (κ2) is 5.92. The van der Waals surface area contributed by atoms with Gasteiger partial charge in [-0.2, -0.15) is 13.2 Å². The molecule has 1 aromatic rings. The molecule has 0 bridgehead atoms. The number of anilines is 1. The molecule has 0 unspecified atom stereocenters. The topological polar surface area (TPSA) is 66.6 Å². The summed E-state index contributed by atoms with van der Waals surface area (Å²) in [5.74, 6) is -0.795. The second-order valence-electron chi connectivity index (χ2n) is 4.14. The fourth-order valence-electron chi connectivity index (χ4n) is 1.63. The predicted octanol–water partition coefficient (Wildman–Crippen LogP) is 1.57. The van der Waals surface area contributed by atoms with Crippen LogP contribution >= 0.6 is 0 Å². The molecular formula is C12H15F3N2O2. The predicted molar refractivity (Wildman–Crippen MR) is 64.6 cm³/mol. The summed E-state index contributed by atoms with van der Waals surface area (Å²) in [7, 11) is 0. The van der Waals surface area contributed by atoms with Crippen LogP contribution in [0.2, 0.25) is 0 Å². The highest BCUT2D eigenvalue weighted by Crippen LogP contribution is 2.20. The summed E-state index contributed by atoms with van der Waals surface area (Å²) in [6, 6.07) is 4.46. The zero-order chi connectivity index (χ0) is 14.6. The maximum absolute atomic E-state index is 12.4. The first kappa shape index (κ1) is 15.3. The molecular weight excluding hydrogens is 261 g/mol. The lowest BCUT2D eigenvalue weighted by Crippen LogP contribution is -2.40. The SMILES string of the molecule is Cc1ccc(N)cc1C(=O)N(CCO)CC(F)(F)F. The summed E-state index contributed by atoms with van der Waals surface area (Å²) in [6.07, 6.45) is -4.51. The van der Waals surface area contributed by atoms with E-state index in [1.54, 1.807) is 19.1 Å². The number of nitrogen functional groups attached to an aromatic ring is 1. The van der Waals surface area contributed by atoms with Crippen molar-refractivity contribution < 1.29 is 23.1 Å². The van der Waals surface area contributed by atoms with Crippen LogP contribution in [0.25, 0.3) is 0 Å². The molecule has 19 heavy (non-hydrogen) atoms. The lowest BCUT2D eigenvalue weighted by molar-refractivity contribution is -0.141. The molecule has 0 aliphatic rings. The quantitative estimate of drug-likeness (QED) is 0.820. The van der Waals surface area contributed by atoms with Crippen LogP contribution in [0.15, 0.2) is 18.2 Å². The Morgan fingerprint density at radius 3 is 2.58 bits per heavy atom. The van der Waals surface area contributed by atoms with Crippen molar-refractivity contribution in [2.24, 2.45) is 0 Å². The Morgan fingerprint density at radius 2 is 2.05 bits per heavy atom. The van der Waals surface area contributed by atoms with Gasteiger partial charge < -0.3 is 15.7 Å². The molecule has 0 spiro atoms. The number of alkyl halides is 3. The number of nitrogens with two attached hydrogens (primary N) is 1. The van der Waals surface area contributed by atoms with E-state index in [4.69, 9.17) is 10.8 Å². The Labute approximate surface area is 108 Å². The van der Waals surface area contributed by atoms with Gasteiger partial charge in [0.15, 0.2) is 0 Å². The molecule has 0 saturated heterocycles. The number of aliphatic hydroxyl groups is 1. The summed E-state index contributed by atoms with van der Waals surface area (Å²) in [4.78, 5) is 12.6. The molecule has 4 nitrogen and oxygen atoms in total. The number of carbonyl (C=O) groups excluding carboxylic acids is 1. The van der Waals surface area contributed by atoms with E-state index >= 15 is 0 Å². The Balaban J connectivity index is 3.02. The molecule has 0 aliphatic heterocycles. The largest absolute Gasteiger partial charge is 0.406 e. The van der Waals surface area contributed by atoms with E-state index in [1.807, 2.05) is 0 Å². The molecule has 106 valence electrons. The van der Waals surface area contributed by atoms with Crippen LogP contribution in [-0.2, 0) is 0 Å². The van der Waals surface area contributed by atoms with Crippen molar-refractivity contribution >= 4 is 11.6 Å². The van der Waals surface area contributed by atoms with Crippen molar-refractivity contribution in [1.29, 1.82) is 0 Å². The highest BCUT2D eigenvalue weighted by atomic mass is 19.4. The summed E-state index contributed by atoms with van der Waals surface area (Å²) in [5, 5.41) is 8.77. The molecule has 0 aliphatic carbocycles. The molecule has 1 amide bonds. The molecule has 0 radical (unpaired) electrons. The molecule has 0 atom stereocenters.